The Balaban J connectivity index is 3.29. The first-order chi connectivity index (χ1) is 6.54. The molecule has 1 aliphatic rings. The van der Waals surface area contributed by atoms with E-state index >= 15 is 0 Å². The van der Waals surface area contributed by atoms with Gasteiger partial charge in [0, 0.05) is 22.3 Å². The molecule has 0 atom stereocenters. The number of carbonyl (C=O) groups excluding carboxylic acids is 2. The molecule has 0 amide bonds. The number of carbonyl (C=O) groups is 2. The van der Waals surface area contributed by atoms with Gasteiger partial charge in [-0.25, -0.2) is 0 Å². The van der Waals surface area contributed by atoms with E-state index in [2.05, 4.69) is 0 Å². The standard InChI is InChI=1S/C10H11ClO3/c1-5-7(3-11)10(14)8(4-12)6(2)9(5)13/h12H,3-4H2,1-2H3. The monoisotopic (exact) mass is 214 g/mol. The summed E-state index contributed by atoms with van der Waals surface area (Å²) in [5, 5.41) is 8.95. The molecule has 0 aromatic heterocycles. The molecule has 1 N–H and O–H groups in total. The summed E-state index contributed by atoms with van der Waals surface area (Å²) in [4.78, 5) is 23.2. The zero-order valence-corrected chi connectivity index (χ0v) is 8.81. The number of ketones is 2. The van der Waals surface area contributed by atoms with Crippen molar-refractivity contribution in [3.8, 4) is 0 Å². The lowest BCUT2D eigenvalue weighted by Crippen LogP contribution is -2.24. The van der Waals surface area contributed by atoms with Gasteiger partial charge in [-0.05, 0) is 13.8 Å². The maximum Gasteiger partial charge on any atom is 0.189 e. The van der Waals surface area contributed by atoms with E-state index in [1.165, 1.54) is 0 Å². The molecular formula is C10H11ClO3. The Labute approximate surface area is 87.1 Å². The lowest BCUT2D eigenvalue weighted by Gasteiger charge is -2.17. The second-order valence-corrected chi connectivity index (χ2v) is 3.42. The van der Waals surface area contributed by atoms with Crippen LogP contribution < -0.4 is 0 Å². The van der Waals surface area contributed by atoms with Crippen LogP contribution in [0.25, 0.3) is 0 Å². The lowest BCUT2D eigenvalue weighted by atomic mass is 9.86. The van der Waals surface area contributed by atoms with E-state index in [0.29, 0.717) is 16.7 Å². The Bertz CT molecular complexity index is 332. The highest BCUT2D eigenvalue weighted by molar-refractivity contribution is 6.30. The van der Waals surface area contributed by atoms with Crippen molar-refractivity contribution < 1.29 is 14.7 Å². The third-order valence-corrected chi connectivity index (χ3v) is 2.69. The van der Waals surface area contributed by atoms with Gasteiger partial charge in [0.05, 0.1) is 12.5 Å². The highest BCUT2D eigenvalue weighted by Gasteiger charge is 2.28. The number of aliphatic hydroxyl groups is 1. The van der Waals surface area contributed by atoms with Crippen molar-refractivity contribution in [3.05, 3.63) is 22.3 Å². The summed E-state index contributed by atoms with van der Waals surface area (Å²) in [6.45, 7) is 2.71. The topological polar surface area (TPSA) is 54.4 Å². The van der Waals surface area contributed by atoms with Gasteiger partial charge in [-0.3, -0.25) is 9.59 Å². The third kappa shape index (κ3) is 1.53. The van der Waals surface area contributed by atoms with E-state index in [-0.39, 0.29) is 23.0 Å². The van der Waals surface area contributed by atoms with Crippen molar-refractivity contribution in [1.29, 1.82) is 0 Å². The molecule has 0 saturated carbocycles. The van der Waals surface area contributed by atoms with Crippen molar-refractivity contribution in [1.82, 2.24) is 0 Å². The van der Waals surface area contributed by atoms with Gasteiger partial charge >= 0.3 is 0 Å². The number of alkyl halides is 1. The maximum absolute atomic E-state index is 11.6. The molecule has 14 heavy (non-hydrogen) atoms. The van der Waals surface area contributed by atoms with Crippen molar-refractivity contribution >= 4 is 23.2 Å². The summed E-state index contributed by atoms with van der Waals surface area (Å²) in [6.07, 6.45) is 0. The van der Waals surface area contributed by atoms with Gasteiger partial charge in [0.15, 0.2) is 11.6 Å². The molecule has 0 aliphatic heterocycles. The first kappa shape index (κ1) is 11.1. The van der Waals surface area contributed by atoms with Gasteiger partial charge in [0.2, 0.25) is 0 Å². The first-order valence-corrected chi connectivity index (χ1v) is 4.73. The summed E-state index contributed by atoms with van der Waals surface area (Å²) in [6, 6.07) is 0. The van der Waals surface area contributed by atoms with Gasteiger partial charge in [0.1, 0.15) is 0 Å². The molecule has 1 rings (SSSR count). The predicted octanol–water partition coefficient (Wildman–Crippen LogP) is 1.00. The number of hydrogen-bond acceptors (Lipinski definition) is 3. The second kappa shape index (κ2) is 4.07. The molecule has 0 aromatic carbocycles. The van der Waals surface area contributed by atoms with Crippen LogP contribution in [-0.4, -0.2) is 29.2 Å². The molecule has 0 unspecified atom stereocenters. The summed E-state index contributed by atoms with van der Waals surface area (Å²) >= 11 is 5.57. The van der Waals surface area contributed by atoms with Crippen LogP contribution in [0.2, 0.25) is 0 Å². The summed E-state index contributed by atoms with van der Waals surface area (Å²) in [7, 11) is 0. The fraction of sp³-hybridized carbons (Fsp3) is 0.400. The Morgan fingerprint density at radius 3 is 2.00 bits per heavy atom. The molecule has 0 saturated heterocycles. The molecule has 3 nitrogen and oxygen atoms in total. The van der Waals surface area contributed by atoms with Crippen LogP contribution in [0.15, 0.2) is 22.3 Å². The molecule has 0 spiro atoms. The number of aliphatic hydroxyl groups excluding tert-OH is 1. The zero-order valence-electron chi connectivity index (χ0n) is 8.06. The van der Waals surface area contributed by atoms with Gasteiger partial charge in [0.25, 0.3) is 0 Å². The van der Waals surface area contributed by atoms with E-state index in [9.17, 15) is 9.59 Å². The summed E-state index contributed by atoms with van der Waals surface area (Å²) < 4.78 is 0. The summed E-state index contributed by atoms with van der Waals surface area (Å²) in [5.74, 6) is -0.505. The summed E-state index contributed by atoms with van der Waals surface area (Å²) in [5.41, 5.74) is 1.17. The second-order valence-electron chi connectivity index (χ2n) is 3.16. The van der Waals surface area contributed by atoms with E-state index < -0.39 is 6.61 Å². The molecule has 1 aliphatic carbocycles. The highest BCUT2D eigenvalue weighted by atomic mass is 35.5. The number of Topliss-reactive ketones (excluding diaryl/α,β-unsaturated/α-hetero) is 2. The van der Waals surface area contributed by atoms with Crippen molar-refractivity contribution in [3.63, 3.8) is 0 Å². The molecule has 0 aromatic rings. The molecule has 76 valence electrons. The van der Waals surface area contributed by atoms with Gasteiger partial charge in [-0.1, -0.05) is 0 Å². The van der Waals surface area contributed by atoms with Gasteiger partial charge in [-0.15, -0.1) is 11.6 Å². The number of halogens is 1. The minimum Gasteiger partial charge on any atom is -0.392 e. The van der Waals surface area contributed by atoms with Crippen LogP contribution in [0.3, 0.4) is 0 Å². The smallest absolute Gasteiger partial charge is 0.189 e. The van der Waals surface area contributed by atoms with Gasteiger partial charge in [-0.2, -0.15) is 0 Å². The van der Waals surface area contributed by atoms with Gasteiger partial charge < -0.3 is 5.11 Å². The Hall–Kier alpha value is -0.930. The Morgan fingerprint density at radius 1 is 1.07 bits per heavy atom. The van der Waals surface area contributed by atoms with Crippen LogP contribution in [-0.2, 0) is 9.59 Å². The van der Waals surface area contributed by atoms with Crippen molar-refractivity contribution in [2.75, 3.05) is 12.5 Å². The van der Waals surface area contributed by atoms with Crippen molar-refractivity contribution in [2.45, 2.75) is 13.8 Å². The quantitative estimate of drug-likeness (QED) is 0.551. The van der Waals surface area contributed by atoms with E-state index in [1.807, 2.05) is 0 Å². The van der Waals surface area contributed by atoms with E-state index in [4.69, 9.17) is 16.7 Å². The molecule has 0 bridgehead atoms. The van der Waals surface area contributed by atoms with Crippen LogP contribution in [0.4, 0.5) is 0 Å². The Kier molecular flexibility index (Phi) is 3.24. The van der Waals surface area contributed by atoms with Crippen LogP contribution >= 0.6 is 11.6 Å². The molecule has 0 heterocycles. The lowest BCUT2D eigenvalue weighted by molar-refractivity contribution is -0.116. The third-order valence-electron chi connectivity index (χ3n) is 2.43. The fourth-order valence-electron chi connectivity index (χ4n) is 1.43. The predicted molar refractivity (Wildman–Crippen MR) is 53.2 cm³/mol. The minimum atomic E-state index is -0.413. The van der Waals surface area contributed by atoms with Crippen LogP contribution in [0.1, 0.15) is 13.8 Å². The maximum atomic E-state index is 11.6. The molecule has 4 heteroatoms. The molecular weight excluding hydrogens is 204 g/mol. The largest absolute Gasteiger partial charge is 0.392 e. The zero-order chi connectivity index (χ0) is 10.9. The fourth-order valence-corrected chi connectivity index (χ4v) is 1.75. The average molecular weight is 215 g/mol. The first-order valence-electron chi connectivity index (χ1n) is 4.20. The van der Waals surface area contributed by atoms with Crippen molar-refractivity contribution in [2.24, 2.45) is 0 Å². The van der Waals surface area contributed by atoms with Crippen LogP contribution in [0.5, 0.6) is 0 Å². The Morgan fingerprint density at radius 2 is 1.57 bits per heavy atom. The minimum absolute atomic E-state index is 0.00713. The number of rotatable bonds is 2. The van der Waals surface area contributed by atoms with Crippen LogP contribution in [0, 0.1) is 0 Å². The number of hydrogen-bond donors (Lipinski definition) is 1. The van der Waals surface area contributed by atoms with E-state index in [0.717, 1.165) is 0 Å². The SMILES string of the molecule is CC1=C(CO)C(=O)C(CCl)=C(C)C1=O. The average Bonchev–Trinajstić information content (AvgIpc) is 2.16. The normalized spacial score (nSPS) is 18.3. The molecule has 0 fully saturated rings. The number of allylic oxidation sites excluding steroid dienone is 3. The van der Waals surface area contributed by atoms with E-state index in [1.54, 1.807) is 13.8 Å². The molecule has 0 radical (unpaired) electrons. The highest BCUT2D eigenvalue weighted by Crippen LogP contribution is 2.24.